The van der Waals surface area contributed by atoms with E-state index in [4.69, 9.17) is 11.6 Å². The summed E-state index contributed by atoms with van der Waals surface area (Å²) in [5.41, 5.74) is 1.34. The highest BCUT2D eigenvalue weighted by molar-refractivity contribution is 6.20. The number of aryl methyl sites for hydroxylation is 1. The van der Waals surface area contributed by atoms with E-state index in [9.17, 15) is 0 Å². The fourth-order valence-corrected chi connectivity index (χ4v) is 2.98. The standard InChI is InChI=1S/C13H21ClN2/c1-3-16-9-11(8-15-16)7-12-6-10(2)4-5-13(12)14/h8-10,12-13H,3-7H2,1-2H3. The van der Waals surface area contributed by atoms with Crippen LogP contribution in [0.15, 0.2) is 12.4 Å². The van der Waals surface area contributed by atoms with Crippen molar-refractivity contribution in [2.45, 2.75) is 51.5 Å². The Balaban J connectivity index is 1.97. The molecule has 1 aromatic rings. The molecule has 0 aromatic carbocycles. The minimum atomic E-state index is 0.362. The lowest BCUT2D eigenvalue weighted by molar-refractivity contribution is 0.287. The second-order valence-corrected chi connectivity index (χ2v) is 5.66. The SMILES string of the molecule is CCn1cc(CC2CC(C)CCC2Cl)cn1. The second kappa shape index (κ2) is 5.22. The largest absolute Gasteiger partial charge is 0.273 e. The Morgan fingerprint density at radius 2 is 2.31 bits per heavy atom. The molecule has 2 rings (SSSR count). The van der Waals surface area contributed by atoms with Gasteiger partial charge in [-0.3, -0.25) is 4.68 Å². The van der Waals surface area contributed by atoms with Crippen molar-refractivity contribution in [1.29, 1.82) is 0 Å². The van der Waals surface area contributed by atoms with Gasteiger partial charge in [0.15, 0.2) is 0 Å². The maximum atomic E-state index is 6.41. The van der Waals surface area contributed by atoms with E-state index < -0.39 is 0 Å². The summed E-state index contributed by atoms with van der Waals surface area (Å²) in [4.78, 5) is 0. The van der Waals surface area contributed by atoms with E-state index in [1.807, 2.05) is 10.9 Å². The van der Waals surface area contributed by atoms with Gasteiger partial charge in [-0.15, -0.1) is 11.6 Å². The molecule has 1 aromatic heterocycles. The molecule has 3 heteroatoms. The Bertz CT molecular complexity index is 334. The van der Waals surface area contributed by atoms with Gasteiger partial charge in [0.1, 0.15) is 0 Å². The van der Waals surface area contributed by atoms with Gasteiger partial charge in [0.2, 0.25) is 0 Å². The van der Waals surface area contributed by atoms with Crippen molar-refractivity contribution in [3.63, 3.8) is 0 Å². The molecule has 1 fully saturated rings. The third kappa shape index (κ3) is 2.79. The van der Waals surface area contributed by atoms with E-state index in [1.165, 1.54) is 24.8 Å². The van der Waals surface area contributed by atoms with Crippen LogP contribution in [0, 0.1) is 11.8 Å². The molecule has 0 saturated heterocycles. The van der Waals surface area contributed by atoms with Crippen molar-refractivity contribution in [3.8, 4) is 0 Å². The highest BCUT2D eigenvalue weighted by atomic mass is 35.5. The number of alkyl halides is 1. The first-order valence-electron chi connectivity index (χ1n) is 6.34. The number of hydrogen-bond donors (Lipinski definition) is 0. The lowest BCUT2D eigenvalue weighted by atomic mass is 9.79. The van der Waals surface area contributed by atoms with E-state index in [0.29, 0.717) is 11.3 Å². The summed E-state index contributed by atoms with van der Waals surface area (Å²) >= 11 is 6.41. The van der Waals surface area contributed by atoms with Gasteiger partial charge in [0.05, 0.1) is 6.20 Å². The van der Waals surface area contributed by atoms with Crippen molar-refractivity contribution < 1.29 is 0 Å². The summed E-state index contributed by atoms with van der Waals surface area (Å²) in [7, 11) is 0. The molecule has 1 aliphatic carbocycles. The van der Waals surface area contributed by atoms with Gasteiger partial charge in [-0.25, -0.2) is 0 Å². The zero-order chi connectivity index (χ0) is 11.5. The van der Waals surface area contributed by atoms with Gasteiger partial charge < -0.3 is 0 Å². The summed E-state index contributed by atoms with van der Waals surface area (Å²) < 4.78 is 1.99. The molecule has 3 unspecified atom stereocenters. The number of aromatic nitrogens is 2. The molecule has 1 aliphatic rings. The fourth-order valence-electron chi connectivity index (χ4n) is 2.66. The molecule has 2 nitrogen and oxygen atoms in total. The topological polar surface area (TPSA) is 17.8 Å². The molecule has 0 radical (unpaired) electrons. The van der Waals surface area contributed by atoms with Crippen molar-refractivity contribution in [2.24, 2.45) is 11.8 Å². The Morgan fingerprint density at radius 3 is 3.00 bits per heavy atom. The van der Waals surface area contributed by atoms with Crippen LogP contribution >= 0.6 is 11.6 Å². The lowest BCUT2D eigenvalue weighted by Crippen LogP contribution is -2.25. The molecule has 0 aliphatic heterocycles. The first kappa shape index (κ1) is 12.0. The summed E-state index contributed by atoms with van der Waals surface area (Å²) in [5, 5.41) is 4.68. The zero-order valence-corrected chi connectivity index (χ0v) is 11.0. The van der Waals surface area contributed by atoms with E-state index in [0.717, 1.165) is 18.9 Å². The van der Waals surface area contributed by atoms with Crippen LogP contribution < -0.4 is 0 Å². The Labute approximate surface area is 103 Å². The summed E-state index contributed by atoms with van der Waals surface area (Å²) in [5.74, 6) is 1.47. The molecule has 1 saturated carbocycles. The van der Waals surface area contributed by atoms with Gasteiger partial charge in [-0.05, 0) is 50.0 Å². The predicted octanol–water partition coefficient (Wildman–Crippen LogP) is 3.49. The van der Waals surface area contributed by atoms with Gasteiger partial charge >= 0.3 is 0 Å². The van der Waals surface area contributed by atoms with E-state index in [1.54, 1.807) is 0 Å². The van der Waals surface area contributed by atoms with Crippen LogP contribution in [-0.4, -0.2) is 15.2 Å². The molecule has 1 heterocycles. The second-order valence-electron chi connectivity index (χ2n) is 5.10. The summed E-state index contributed by atoms with van der Waals surface area (Å²) in [6.07, 6.45) is 8.98. The molecule has 0 N–H and O–H groups in total. The minimum absolute atomic E-state index is 0.362. The van der Waals surface area contributed by atoms with Gasteiger partial charge in [-0.2, -0.15) is 5.10 Å². The first-order valence-corrected chi connectivity index (χ1v) is 6.78. The van der Waals surface area contributed by atoms with E-state index in [-0.39, 0.29) is 0 Å². The van der Waals surface area contributed by atoms with Crippen LogP contribution in [-0.2, 0) is 13.0 Å². The zero-order valence-electron chi connectivity index (χ0n) is 10.2. The Hall–Kier alpha value is -0.500. The number of nitrogens with zero attached hydrogens (tertiary/aromatic N) is 2. The van der Waals surface area contributed by atoms with Crippen LogP contribution in [0.5, 0.6) is 0 Å². The fraction of sp³-hybridized carbons (Fsp3) is 0.769. The quantitative estimate of drug-likeness (QED) is 0.740. The van der Waals surface area contributed by atoms with Gasteiger partial charge in [0.25, 0.3) is 0 Å². The van der Waals surface area contributed by atoms with Gasteiger partial charge in [-0.1, -0.05) is 6.92 Å². The molecule has 90 valence electrons. The minimum Gasteiger partial charge on any atom is -0.273 e. The van der Waals surface area contributed by atoms with Crippen LogP contribution in [0.1, 0.15) is 38.7 Å². The molecular weight excluding hydrogens is 220 g/mol. The predicted molar refractivity (Wildman–Crippen MR) is 67.8 cm³/mol. The molecule has 3 atom stereocenters. The number of halogens is 1. The first-order chi connectivity index (χ1) is 7.69. The number of hydrogen-bond acceptors (Lipinski definition) is 1. The van der Waals surface area contributed by atoms with Crippen molar-refractivity contribution in [1.82, 2.24) is 9.78 Å². The molecular formula is C13H21ClN2. The Kier molecular flexibility index (Phi) is 3.91. The Morgan fingerprint density at radius 1 is 1.50 bits per heavy atom. The highest BCUT2D eigenvalue weighted by Crippen LogP contribution is 2.34. The molecule has 0 amide bonds. The third-order valence-electron chi connectivity index (χ3n) is 3.66. The summed E-state index contributed by atoms with van der Waals surface area (Å²) in [6.45, 7) is 5.40. The van der Waals surface area contributed by atoms with E-state index in [2.05, 4.69) is 25.1 Å². The maximum absolute atomic E-state index is 6.41. The maximum Gasteiger partial charge on any atom is 0.0521 e. The van der Waals surface area contributed by atoms with Crippen molar-refractivity contribution >= 4 is 11.6 Å². The van der Waals surface area contributed by atoms with Gasteiger partial charge in [0, 0.05) is 18.1 Å². The number of rotatable bonds is 3. The molecule has 16 heavy (non-hydrogen) atoms. The lowest BCUT2D eigenvalue weighted by Gasteiger charge is -2.30. The smallest absolute Gasteiger partial charge is 0.0521 e. The monoisotopic (exact) mass is 240 g/mol. The molecule has 0 spiro atoms. The normalized spacial score (nSPS) is 30.6. The summed E-state index contributed by atoms with van der Waals surface area (Å²) in [6, 6.07) is 0. The van der Waals surface area contributed by atoms with Crippen molar-refractivity contribution in [3.05, 3.63) is 18.0 Å². The van der Waals surface area contributed by atoms with Crippen LogP contribution in [0.2, 0.25) is 0 Å². The average molecular weight is 241 g/mol. The van der Waals surface area contributed by atoms with Crippen LogP contribution in [0.25, 0.3) is 0 Å². The molecule has 0 bridgehead atoms. The van der Waals surface area contributed by atoms with Crippen LogP contribution in [0.4, 0.5) is 0 Å². The average Bonchev–Trinajstić information content (AvgIpc) is 2.71. The van der Waals surface area contributed by atoms with E-state index >= 15 is 0 Å². The van der Waals surface area contributed by atoms with Crippen molar-refractivity contribution in [2.75, 3.05) is 0 Å². The third-order valence-corrected chi connectivity index (χ3v) is 4.24. The highest BCUT2D eigenvalue weighted by Gasteiger charge is 2.27. The van der Waals surface area contributed by atoms with Crippen LogP contribution in [0.3, 0.4) is 0 Å².